The van der Waals surface area contributed by atoms with E-state index in [-0.39, 0.29) is 5.75 Å². The van der Waals surface area contributed by atoms with E-state index >= 15 is 0 Å². The predicted octanol–water partition coefficient (Wildman–Crippen LogP) is 6.52. The predicted molar refractivity (Wildman–Crippen MR) is 125 cm³/mol. The lowest BCUT2D eigenvalue weighted by molar-refractivity contribution is 0.0735. The van der Waals surface area contributed by atoms with Gasteiger partial charge in [-0.1, -0.05) is 6.92 Å². The van der Waals surface area contributed by atoms with Crippen LogP contribution in [0.25, 0.3) is 11.0 Å². The molecule has 7 heteroatoms. The molecule has 7 nitrogen and oxygen atoms in total. The standard InChI is InChI=1S/C26H22N2O5/c1-3-14-31-21-10-8-20(9-11-21)28-27-19-6-4-18(5-7-19)26(30)32-22-12-13-23-17(2)15-25(29)33-24(23)16-22/h4-13,15-16H,3,14H2,1-2H3. The Kier molecular flexibility index (Phi) is 6.59. The molecule has 0 aliphatic heterocycles. The van der Waals surface area contributed by atoms with Gasteiger partial charge >= 0.3 is 11.6 Å². The van der Waals surface area contributed by atoms with E-state index in [4.69, 9.17) is 13.9 Å². The summed E-state index contributed by atoms with van der Waals surface area (Å²) in [5, 5.41) is 9.18. The van der Waals surface area contributed by atoms with E-state index in [0.717, 1.165) is 23.1 Å². The highest BCUT2D eigenvalue weighted by molar-refractivity contribution is 5.92. The van der Waals surface area contributed by atoms with E-state index in [1.807, 2.05) is 31.2 Å². The van der Waals surface area contributed by atoms with Gasteiger partial charge in [0.15, 0.2) is 0 Å². The Hall–Kier alpha value is -4.26. The summed E-state index contributed by atoms with van der Waals surface area (Å²) in [5.74, 6) is 0.550. The Morgan fingerprint density at radius 3 is 2.18 bits per heavy atom. The zero-order valence-electron chi connectivity index (χ0n) is 18.3. The molecule has 1 heterocycles. The second-order valence-electron chi connectivity index (χ2n) is 7.39. The number of hydrogen-bond acceptors (Lipinski definition) is 7. The molecule has 0 aliphatic carbocycles. The van der Waals surface area contributed by atoms with Crippen molar-refractivity contribution in [2.24, 2.45) is 10.2 Å². The van der Waals surface area contributed by atoms with E-state index in [2.05, 4.69) is 17.2 Å². The molecule has 0 fully saturated rings. The van der Waals surface area contributed by atoms with Crippen LogP contribution < -0.4 is 15.1 Å². The minimum Gasteiger partial charge on any atom is -0.494 e. The van der Waals surface area contributed by atoms with E-state index < -0.39 is 11.6 Å². The Labute approximate surface area is 190 Å². The normalized spacial score (nSPS) is 11.1. The van der Waals surface area contributed by atoms with Crippen LogP contribution in [0.1, 0.15) is 29.3 Å². The third kappa shape index (κ3) is 5.51. The van der Waals surface area contributed by atoms with Crippen molar-refractivity contribution >= 4 is 28.3 Å². The van der Waals surface area contributed by atoms with Crippen molar-refractivity contribution in [3.63, 3.8) is 0 Å². The van der Waals surface area contributed by atoms with E-state index in [0.29, 0.717) is 29.1 Å². The molecule has 0 aliphatic rings. The summed E-state index contributed by atoms with van der Waals surface area (Å²) in [6, 6.07) is 20.3. The molecule has 0 unspecified atom stereocenters. The third-order valence-electron chi connectivity index (χ3n) is 4.83. The quantitative estimate of drug-likeness (QED) is 0.141. The van der Waals surface area contributed by atoms with E-state index in [1.165, 1.54) is 12.1 Å². The highest BCUT2D eigenvalue weighted by Crippen LogP contribution is 2.24. The number of fused-ring (bicyclic) bond motifs is 1. The molecular formula is C26H22N2O5. The molecule has 166 valence electrons. The summed E-state index contributed by atoms with van der Waals surface area (Å²) in [5.41, 5.74) is 2.36. The first-order chi connectivity index (χ1) is 16.0. The van der Waals surface area contributed by atoms with Gasteiger partial charge in [-0.3, -0.25) is 0 Å². The molecule has 0 N–H and O–H groups in total. The summed E-state index contributed by atoms with van der Waals surface area (Å²) in [4.78, 5) is 24.1. The lowest BCUT2D eigenvalue weighted by atomic mass is 10.1. The fraction of sp³-hybridized carbons (Fsp3) is 0.154. The first kappa shape index (κ1) is 22.0. The number of aryl methyl sites for hydroxylation is 1. The molecule has 1 aromatic heterocycles. The first-order valence-corrected chi connectivity index (χ1v) is 10.5. The Morgan fingerprint density at radius 2 is 1.52 bits per heavy atom. The highest BCUT2D eigenvalue weighted by Gasteiger charge is 2.11. The van der Waals surface area contributed by atoms with Gasteiger partial charge in [-0.2, -0.15) is 10.2 Å². The van der Waals surface area contributed by atoms with Gasteiger partial charge in [-0.15, -0.1) is 0 Å². The zero-order chi connectivity index (χ0) is 23.2. The minimum absolute atomic E-state index is 0.288. The first-order valence-electron chi connectivity index (χ1n) is 10.5. The number of rotatable bonds is 7. The minimum atomic E-state index is -0.532. The second-order valence-corrected chi connectivity index (χ2v) is 7.39. The summed E-state index contributed by atoms with van der Waals surface area (Å²) < 4.78 is 16.2. The maximum atomic E-state index is 12.5. The van der Waals surface area contributed by atoms with Gasteiger partial charge in [0.2, 0.25) is 0 Å². The summed E-state index contributed by atoms with van der Waals surface area (Å²) in [6.07, 6.45) is 0.949. The van der Waals surface area contributed by atoms with Crippen molar-refractivity contribution in [2.75, 3.05) is 6.61 Å². The van der Waals surface area contributed by atoms with E-state index in [1.54, 1.807) is 36.4 Å². The molecule has 0 atom stereocenters. The van der Waals surface area contributed by atoms with Gasteiger partial charge in [0, 0.05) is 17.5 Å². The number of benzene rings is 3. The van der Waals surface area contributed by atoms with Crippen molar-refractivity contribution in [3.05, 3.63) is 94.3 Å². The van der Waals surface area contributed by atoms with Crippen molar-refractivity contribution in [3.8, 4) is 11.5 Å². The fourth-order valence-electron chi connectivity index (χ4n) is 3.14. The maximum Gasteiger partial charge on any atom is 0.343 e. The van der Waals surface area contributed by atoms with E-state index in [9.17, 15) is 9.59 Å². The Balaban J connectivity index is 1.41. The molecule has 0 spiro atoms. The number of azo groups is 1. The van der Waals surface area contributed by atoms with Crippen molar-refractivity contribution < 1.29 is 18.7 Å². The molecule has 0 saturated carbocycles. The molecule has 0 bridgehead atoms. The second kappa shape index (κ2) is 9.91. The smallest absolute Gasteiger partial charge is 0.343 e. The van der Waals surface area contributed by atoms with Gasteiger partial charge < -0.3 is 13.9 Å². The van der Waals surface area contributed by atoms with Gasteiger partial charge in [-0.25, -0.2) is 9.59 Å². The topological polar surface area (TPSA) is 90.5 Å². The zero-order valence-corrected chi connectivity index (χ0v) is 18.3. The van der Waals surface area contributed by atoms with Crippen molar-refractivity contribution in [1.29, 1.82) is 0 Å². The molecule has 0 saturated heterocycles. The number of carbonyl (C=O) groups is 1. The summed E-state index contributed by atoms with van der Waals surface area (Å²) in [6.45, 7) is 4.55. The van der Waals surface area contributed by atoms with Crippen molar-refractivity contribution in [2.45, 2.75) is 20.3 Å². The van der Waals surface area contributed by atoms with Gasteiger partial charge in [-0.05, 0) is 79.6 Å². The molecule has 0 radical (unpaired) electrons. The summed E-state index contributed by atoms with van der Waals surface area (Å²) >= 11 is 0. The number of hydrogen-bond donors (Lipinski definition) is 0. The van der Waals surface area contributed by atoms with Crippen LogP contribution in [0.3, 0.4) is 0 Å². The van der Waals surface area contributed by atoms with Crippen LogP contribution in [-0.4, -0.2) is 12.6 Å². The number of ether oxygens (including phenoxy) is 2. The number of nitrogens with zero attached hydrogens (tertiary/aromatic N) is 2. The van der Waals surface area contributed by atoms with Crippen LogP contribution >= 0.6 is 0 Å². The monoisotopic (exact) mass is 442 g/mol. The summed E-state index contributed by atoms with van der Waals surface area (Å²) in [7, 11) is 0. The maximum absolute atomic E-state index is 12.5. The van der Waals surface area contributed by atoms with Gasteiger partial charge in [0.25, 0.3) is 0 Å². The largest absolute Gasteiger partial charge is 0.494 e. The number of carbonyl (C=O) groups excluding carboxylic acids is 1. The molecule has 33 heavy (non-hydrogen) atoms. The number of esters is 1. The fourth-order valence-corrected chi connectivity index (χ4v) is 3.14. The van der Waals surface area contributed by atoms with Crippen LogP contribution in [-0.2, 0) is 0 Å². The van der Waals surface area contributed by atoms with Crippen LogP contribution in [0.4, 0.5) is 11.4 Å². The Morgan fingerprint density at radius 1 is 0.879 bits per heavy atom. The molecule has 0 amide bonds. The average molecular weight is 442 g/mol. The molecular weight excluding hydrogens is 420 g/mol. The van der Waals surface area contributed by atoms with Gasteiger partial charge in [0.1, 0.15) is 17.1 Å². The van der Waals surface area contributed by atoms with Crippen molar-refractivity contribution in [1.82, 2.24) is 0 Å². The molecule has 3 aromatic carbocycles. The lowest BCUT2D eigenvalue weighted by Crippen LogP contribution is -2.08. The lowest BCUT2D eigenvalue weighted by Gasteiger charge is -2.06. The third-order valence-corrected chi connectivity index (χ3v) is 4.83. The van der Waals surface area contributed by atoms with Crippen LogP contribution in [0, 0.1) is 6.92 Å². The molecule has 4 aromatic rings. The van der Waals surface area contributed by atoms with Crippen LogP contribution in [0.2, 0.25) is 0 Å². The molecule has 4 rings (SSSR count). The Bertz CT molecular complexity index is 1360. The van der Waals surface area contributed by atoms with Crippen LogP contribution in [0.5, 0.6) is 11.5 Å². The van der Waals surface area contributed by atoms with Gasteiger partial charge in [0.05, 0.1) is 23.5 Å². The highest BCUT2D eigenvalue weighted by atomic mass is 16.5. The average Bonchev–Trinajstić information content (AvgIpc) is 2.82. The van der Waals surface area contributed by atoms with Crippen LogP contribution in [0.15, 0.2) is 92.2 Å². The SMILES string of the molecule is CCCOc1ccc(N=Nc2ccc(C(=O)Oc3ccc4c(C)cc(=O)oc4c3)cc2)cc1.